The molecule has 8 heteroatoms. The predicted octanol–water partition coefficient (Wildman–Crippen LogP) is 3.40. The summed E-state index contributed by atoms with van der Waals surface area (Å²) in [5.74, 6) is -0.888. The van der Waals surface area contributed by atoms with Crippen molar-refractivity contribution in [1.82, 2.24) is 15.3 Å². The van der Waals surface area contributed by atoms with E-state index in [-0.39, 0.29) is 24.1 Å². The highest BCUT2D eigenvalue weighted by molar-refractivity contribution is 5.82. The molecule has 3 N–H and O–H groups in total. The molecule has 0 fully saturated rings. The van der Waals surface area contributed by atoms with E-state index >= 15 is 0 Å². The Balaban J connectivity index is 1.99. The average Bonchev–Trinajstić information content (AvgIpc) is 2.69. The Morgan fingerprint density at radius 3 is 2.38 bits per heavy atom. The molecule has 3 aromatic rings. The lowest BCUT2D eigenvalue weighted by Crippen LogP contribution is -2.35. The molecule has 5 nitrogen and oxygen atoms in total. The van der Waals surface area contributed by atoms with Gasteiger partial charge in [-0.1, -0.05) is 24.3 Å². The Morgan fingerprint density at radius 1 is 1.00 bits per heavy atom. The van der Waals surface area contributed by atoms with Gasteiger partial charge >= 0.3 is 6.18 Å². The fourth-order valence-corrected chi connectivity index (χ4v) is 3.16. The van der Waals surface area contributed by atoms with Gasteiger partial charge in [0.05, 0.1) is 5.56 Å². The molecule has 0 radical (unpaired) electrons. The van der Waals surface area contributed by atoms with Crippen LogP contribution in [0.1, 0.15) is 33.9 Å². The van der Waals surface area contributed by atoms with Crippen LogP contribution < -0.4 is 11.1 Å². The van der Waals surface area contributed by atoms with Crippen molar-refractivity contribution in [3.8, 4) is 0 Å². The minimum absolute atomic E-state index is 0.0549. The third-order valence-electron chi connectivity index (χ3n) is 4.44. The number of rotatable bonds is 7. The van der Waals surface area contributed by atoms with Gasteiger partial charge in [-0.15, -0.1) is 0 Å². The number of carbonyl (C=O) groups excluding carboxylic acids is 1. The molecular weight excluding hydrogens is 381 g/mol. The molecule has 150 valence electrons. The number of halogens is 3. The van der Waals surface area contributed by atoms with Gasteiger partial charge in [-0.05, 0) is 46.9 Å². The first-order valence-corrected chi connectivity index (χ1v) is 8.85. The molecule has 2 aromatic heterocycles. The van der Waals surface area contributed by atoms with Crippen molar-refractivity contribution >= 4 is 5.91 Å². The number of hydrogen-bond donors (Lipinski definition) is 2. The lowest BCUT2D eigenvalue weighted by Gasteiger charge is -2.23. The van der Waals surface area contributed by atoms with Gasteiger partial charge in [0.1, 0.15) is 6.04 Å². The first-order valence-electron chi connectivity index (χ1n) is 8.85. The van der Waals surface area contributed by atoms with Gasteiger partial charge in [0.2, 0.25) is 5.91 Å². The second-order valence-electron chi connectivity index (χ2n) is 6.49. The smallest absolute Gasteiger partial charge is 0.368 e. The molecule has 0 aliphatic carbocycles. The van der Waals surface area contributed by atoms with E-state index in [0.29, 0.717) is 5.56 Å². The molecule has 1 atom stereocenters. The van der Waals surface area contributed by atoms with E-state index in [2.05, 4.69) is 15.3 Å². The number of aromatic nitrogens is 2. The highest BCUT2D eigenvalue weighted by Gasteiger charge is 2.38. The summed E-state index contributed by atoms with van der Waals surface area (Å²) in [7, 11) is 0. The van der Waals surface area contributed by atoms with E-state index in [4.69, 9.17) is 5.73 Å². The van der Waals surface area contributed by atoms with Gasteiger partial charge in [0.25, 0.3) is 0 Å². The third kappa shape index (κ3) is 5.17. The van der Waals surface area contributed by atoms with Gasteiger partial charge < -0.3 is 5.73 Å². The van der Waals surface area contributed by atoms with Crippen LogP contribution >= 0.6 is 0 Å². The number of nitrogens with two attached hydrogens (primary N) is 1. The van der Waals surface area contributed by atoms with E-state index in [1.54, 1.807) is 36.7 Å². The Hall–Kier alpha value is -3.26. The van der Waals surface area contributed by atoms with Gasteiger partial charge in [0, 0.05) is 31.3 Å². The van der Waals surface area contributed by atoms with Crippen LogP contribution in [-0.2, 0) is 23.9 Å². The number of pyridine rings is 2. The Kier molecular flexibility index (Phi) is 6.23. The summed E-state index contributed by atoms with van der Waals surface area (Å²) in [4.78, 5) is 19.9. The highest BCUT2D eigenvalue weighted by atomic mass is 19.4. The number of carbonyl (C=O) groups is 1. The quantitative estimate of drug-likeness (QED) is 0.637. The molecule has 0 bridgehead atoms. The number of nitrogens with one attached hydrogen (secondary N) is 1. The summed E-state index contributed by atoms with van der Waals surface area (Å²) in [5.41, 5.74) is 5.88. The van der Waals surface area contributed by atoms with E-state index in [0.717, 1.165) is 5.56 Å². The number of benzene rings is 1. The summed E-state index contributed by atoms with van der Waals surface area (Å²) in [6, 6.07) is 9.65. The van der Waals surface area contributed by atoms with E-state index < -0.39 is 23.7 Å². The topological polar surface area (TPSA) is 80.9 Å². The maximum absolute atomic E-state index is 14.0. The Labute approximate surface area is 165 Å². The normalized spacial score (nSPS) is 12.5. The van der Waals surface area contributed by atoms with Gasteiger partial charge in [-0.2, -0.15) is 13.2 Å². The van der Waals surface area contributed by atoms with Crippen molar-refractivity contribution in [2.75, 3.05) is 0 Å². The number of alkyl halides is 3. The lowest BCUT2D eigenvalue weighted by molar-refractivity contribution is -0.139. The molecule has 1 aromatic carbocycles. The molecule has 0 saturated heterocycles. The zero-order valence-electron chi connectivity index (χ0n) is 15.4. The summed E-state index contributed by atoms with van der Waals surface area (Å²) >= 11 is 0. The van der Waals surface area contributed by atoms with Crippen LogP contribution in [0.25, 0.3) is 0 Å². The highest BCUT2D eigenvalue weighted by Crippen LogP contribution is 2.38. The third-order valence-corrected chi connectivity index (χ3v) is 4.44. The number of primary amides is 1. The fourth-order valence-electron chi connectivity index (χ4n) is 3.16. The standard InChI is InChI=1S/C21H19F3N4O/c22-21(23,24)18-16(11-14-6-9-26-10-7-14)4-1-5-17(18)19(20(25)29)28-13-15-3-2-8-27-12-15/h1-10,12,19,28H,11,13H2,(H2,25,29). The molecule has 0 aliphatic rings. The SMILES string of the molecule is NC(=O)C(NCc1cccnc1)c1cccc(Cc2ccncc2)c1C(F)(F)F. The van der Waals surface area contributed by atoms with E-state index in [1.165, 1.54) is 30.6 Å². The average molecular weight is 400 g/mol. The molecule has 1 unspecified atom stereocenters. The van der Waals surface area contributed by atoms with Crippen LogP contribution in [0.3, 0.4) is 0 Å². The molecule has 0 aliphatic heterocycles. The zero-order valence-corrected chi connectivity index (χ0v) is 15.4. The molecular formula is C21H19F3N4O. The van der Waals surface area contributed by atoms with Crippen LogP contribution in [-0.4, -0.2) is 15.9 Å². The maximum Gasteiger partial charge on any atom is 0.417 e. The second kappa shape index (κ2) is 8.83. The zero-order chi connectivity index (χ0) is 20.9. The van der Waals surface area contributed by atoms with Crippen molar-refractivity contribution < 1.29 is 18.0 Å². The van der Waals surface area contributed by atoms with Crippen LogP contribution in [0, 0.1) is 0 Å². The summed E-state index contributed by atoms with van der Waals surface area (Å²) < 4.78 is 42.0. The summed E-state index contributed by atoms with van der Waals surface area (Å²) in [6.07, 6.45) is 1.60. The maximum atomic E-state index is 14.0. The van der Waals surface area contributed by atoms with Crippen molar-refractivity contribution in [3.05, 3.63) is 95.1 Å². The van der Waals surface area contributed by atoms with Crippen LogP contribution in [0.2, 0.25) is 0 Å². The summed E-state index contributed by atoms with van der Waals surface area (Å²) in [5, 5.41) is 2.83. The first-order chi connectivity index (χ1) is 13.9. The van der Waals surface area contributed by atoms with Crippen LogP contribution in [0.15, 0.2) is 67.3 Å². The number of hydrogen-bond acceptors (Lipinski definition) is 4. The van der Waals surface area contributed by atoms with Gasteiger partial charge in [-0.25, -0.2) is 0 Å². The monoisotopic (exact) mass is 400 g/mol. The predicted molar refractivity (Wildman–Crippen MR) is 101 cm³/mol. The Bertz CT molecular complexity index is 963. The molecule has 0 spiro atoms. The second-order valence-corrected chi connectivity index (χ2v) is 6.49. The van der Waals surface area contributed by atoms with E-state index in [9.17, 15) is 18.0 Å². The molecule has 3 rings (SSSR count). The van der Waals surface area contributed by atoms with Crippen molar-refractivity contribution in [2.24, 2.45) is 5.73 Å². The minimum atomic E-state index is -4.65. The number of amides is 1. The lowest BCUT2D eigenvalue weighted by atomic mass is 9.91. The molecule has 1 amide bonds. The van der Waals surface area contributed by atoms with Gasteiger partial charge in [-0.3, -0.25) is 20.1 Å². The largest absolute Gasteiger partial charge is 0.417 e. The van der Waals surface area contributed by atoms with Crippen molar-refractivity contribution in [3.63, 3.8) is 0 Å². The summed E-state index contributed by atoms with van der Waals surface area (Å²) in [6.45, 7) is 0.146. The van der Waals surface area contributed by atoms with Gasteiger partial charge in [0.15, 0.2) is 0 Å². The minimum Gasteiger partial charge on any atom is -0.368 e. The Morgan fingerprint density at radius 2 is 1.76 bits per heavy atom. The molecule has 29 heavy (non-hydrogen) atoms. The van der Waals surface area contributed by atoms with Crippen molar-refractivity contribution in [1.29, 1.82) is 0 Å². The molecule has 2 heterocycles. The molecule has 0 saturated carbocycles. The van der Waals surface area contributed by atoms with Crippen LogP contribution in [0.5, 0.6) is 0 Å². The van der Waals surface area contributed by atoms with Crippen LogP contribution in [0.4, 0.5) is 13.2 Å². The van der Waals surface area contributed by atoms with Crippen molar-refractivity contribution in [2.45, 2.75) is 25.2 Å². The number of nitrogens with zero attached hydrogens (tertiary/aromatic N) is 2. The van der Waals surface area contributed by atoms with E-state index in [1.807, 2.05) is 0 Å². The fraction of sp³-hybridized carbons (Fsp3) is 0.190. The first kappa shape index (κ1) is 20.5.